The van der Waals surface area contributed by atoms with Crippen LogP contribution in [0.1, 0.15) is 49.9 Å². The molecule has 1 aromatic carbocycles. The highest BCUT2D eigenvalue weighted by Crippen LogP contribution is 2.31. The third-order valence-corrected chi connectivity index (χ3v) is 3.94. The molecule has 2 atom stereocenters. The smallest absolute Gasteiger partial charge is 0.317 e. The summed E-state index contributed by atoms with van der Waals surface area (Å²) in [6, 6.07) is 8.75. The predicted octanol–water partition coefficient (Wildman–Crippen LogP) is 3.20. The van der Waals surface area contributed by atoms with Gasteiger partial charge in [0.2, 0.25) is 0 Å². The molecule has 0 aromatic heterocycles. The summed E-state index contributed by atoms with van der Waals surface area (Å²) >= 11 is 0. The van der Waals surface area contributed by atoms with E-state index in [2.05, 4.69) is 0 Å². The Morgan fingerprint density at radius 1 is 1.18 bits per heavy atom. The molecule has 0 bridgehead atoms. The molecule has 1 aliphatic carbocycles. The first-order valence-corrected chi connectivity index (χ1v) is 7.80. The fourth-order valence-electron chi connectivity index (χ4n) is 2.94. The molecule has 0 aliphatic heterocycles. The number of ketones is 2. The van der Waals surface area contributed by atoms with E-state index in [-0.39, 0.29) is 30.0 Å². The average molecular weight is 302 g/mol. The molecular formula is C18H22O4. The molecule has 22 heavy (non-hydrogen) atoms. The average Bonchev–Trinajstić information content (AvgIpc) is 2.47. The quantitative estimate of drug-likeness (QED) is 0.476. The molecular weight excluding hydrogens is 280 g/mol. The summed E-state index contributed by atoms with van der Waals surface area (Å²) in [6.45, 7) is 3.52. The number of Topliss-reactive ketones (excluding diaryl/α,β-unsaturated/α-hetero) is 2. The van der Waals surface area contributed by atoms with Crippen molar-refractivity contribution in [3.8, 4) is 0 Å². The predicted molar refractivity (Wildman–Crippen MR) is 82.5 cm³/mol. The largest absolute Gasteiger partial charge is 0.462 e. The van der Waals surface area contributed by atoms with Gasteiger partial charge in [-0.1, -0.05) is 30.3 Å². The first-order valence-electron chi connectivity index (χ1n) is 7.80. The lowest BCUT2D eigenvalue weighted by Crippen LogP contribution is -2.37. The van der Waals surface area contributed by atoms with Crippen molar-refractivity contribution < 1.29 is 19.1 Å². The van der Waals surface area contributed by atoms with E-state index >= 15 is 0 Å². The third-order valence-electron chi connectivity index (χ3n) is 3.94. The minimum atomic E-state index is -0.881. The normalized spacial score (nSPS) is 19.8. The van der Waals surface area contributed by atoms with E-state index in [0.717, 1.165) is 6.42 Å². The number of esters is 1. The van der Waals surface area contributed by atoms with Gasteiger partial charge < -0.3 is 4.74 Å². The highest BCUT2D eigenvalue weighted by atomic mass is 16.5. The van der Waals surface area contributed by atoms with Crippen LogP contribution in [0.25, 0.3) is 0 Å². The Hall–Kier alpha value is -1.97. The Morgan fingerprint density at radius 2 is 1.86 bits per heavy atom. The molecule has 0 radical (unpaired) electrons. The van der Waals surface area contributed by atoms with Gasteiger partial charge in [0.05, 0.1) is 6.10 Å². The first kappa shape index (κ1) is 16.4. The van der Waals surface area contributed by atoms with E-state index in [0.29, 0.717) is 18.4 Å². The van der Waals surface area contributed by atoms with E-state index in [1.807, 2.05) is 6.07 Å². The molecule has 4 heteroatoms. The highest BCUT2D eigenvalue weighted by Gasteiger charge is 2.39. The van der Waals surface area contributed by atoms with E-state index < -0.39 is 11.9 Å². The second kappa shape index (κ2) is 7.34. The van der Waals surface area contributed by atoms with Crippen LogP contribution in [0.2, 0.25) is 0 Å². The summed E-state index contributed by atoms with van der Waals surface area (Å²) in [5.41, 5.74) is 0.492. The molecule has 0 spiro atoms. The second-order valence-corrected chi connectivity index (χ2v) is 6.09. The molecule has 2 rings (SSSR count). The van der Waals surface area contributed by atoms with Gasteiger partial charge in [-0.3, -0.25) is 14.4 Å². The van der Waals surface area contributed by atoms with Crippen molar-refractivity contribution in [2.75, 3.05) is 0 Å². The summed E-state index contributed by atoms with van der Waals surface area (Å²) in [7, 11) is 0. The fourth-order valence-corrected chi connectivity index (χ4v) is 2.94. The van der Waals surface area contributed by atoms with E-state index in [9.17, 15) is 14.4 Å². The van der Waals surface area contributed by atoms with Crippen LogP contribution >= 0.6 is 0 Å². The topological polar surface area (TPSA) is 60.4 Å². The van der Waals surface area contributed by atoms with Gasteiger partial charge in [-0.25, -0.2) is 0 Å². The number of hydrogen-bond acceptors (Lipinski definition) is 4. The van der Waals surface area contributed by atoms with Crippen LogP contribution in [0.5, 0.6) is 0 Å². The molecule has 1 saturated carbocycles. The lowest BCUT2D eigenvalue weighted by Gasteiger charge is -2.28. The van der Waals surface area contributed by atoms with E-state index in [1.165, 1.54) is 0 Å². The van der Waals surface area contributed by atoms with E-state index in [4.69, 9.17) is 4.74 Å². The van der Waals surface area contributed by atoms with Crippen molar-refractivity contribution in [2.45, 2.75) is 45.6 Å². The molecule has 118 valence electrons. The zero-order valence-corrected chi connectivity index (χ0v) is 13.1. The molecule has 0 N–H and O–H groups in total. The van der Waals surface area contributed by atoms with Crippen molar-refractivity contribution in [1.29, 1.82) is 0 Å². The number of ether oxygens (including phenoxy) is 1. The SMILES string of the molecule is CC(C)OC(=O)C(C(=O)c1ccccc1)C1CCCC(=O)C1. The molecule has 1 aliphatic rings. The minimum absolute atomic E-state index is 0.124. The van der Waals surface area contributed by atoms with Crippen LogP contribution in [-0.2, 0) is 14.3 Å². The molecule has 1 aromatic rings. The summed E-state index contributed by atoms with van der Waals surface area (Å²) < 4.78 is 5.27. The van der Waals surface area contributed by atoms with Crippen molar-refractivity contribution in [2.24, 2.45) is 11.8 Å². The maximum Gasteiger partial charge on any atom is 0.317 e. The maximum atomic E-state index is 12.8. The molecule has 0 amide bonds. The standard InChI is InChI=1S/C18H22O4/c1-12(2)22-18(21)16(14-9-6-10-15(19)11-14)17(20)13-7-4-3-5-8-13/h3-5,7-8,12,14,16H,6,9-11H2,1-2H3. The van der Waals surface area contributed by atoms with Gasteiger partial charge in [-0.15, -0.1) is 0 Å². The lowest BCUT2D eigenvalue weighted by atomic mass is 9.76. The number of hydrogen-bond donors (Lipinski definition) is 0. The van der Waals surface area contributed by atoms with Crippen LogP contribution in [0.15, 0.2) is 30.3 Å². The summed E-state index contributed by atoms with van der Waals surface area (Å²) in [5, 5.41) is 0. The lowest BCUT2D eigenvalue weighted by molar-refractivity contribution is -0.152. The second-order valence-electron chi connectivity index (χ2n) is 6.09. The molecule has 0 saturated heterocycles. The Morgan fingerprint density at radius 3 is 2.45 bits per heavy atom. The van der Waals surface area contributed by atoms with Crippen molar-refractivity contribution in [3.05, 3.63) is 35.9 Å². The zero-order valence-electron chi connectivity index (χ0n) is 13.1. The monoisotopic (exact) mass is 302 g/mol. The van der Waals surface area contributed by atoms with Crippen molar-refractivity contribution >= 4 is 17.5 Å². The summed E-state index contributed by atoms with van der Waals surface area (Å²) in [5.74, 6) is -1.76. The van der Waals surface area contributed by atoms with Crippen LogP contribution in [0.3, 0.4) is 0 Å². The Balaban J connectivity index is 2.26. The number of carbonyl (C=O) groups is 3. The minimum Gasteiger partial charge on any atom is -0.462 e. The molecule has 4 nitrogen and oxygen atoms in total. The van der Waals surface area contributed by atoms with Crippen molar-refractivity contribution in [3.63, 3.8) is 0 Å². The number of carbonyl (C=O) groups excluding carboxylic acids is 3. The zero-order chi connectivity index (χ0) is 16.1. The molecule has 2 unspecified atom stereocenters. The van der Waals surface area contributed by atoms with Gasteiger partial charge in [0, 0.05) is 18.4 Å². The highest BCUT2D eigenvalue weighted by molar-refractivity contribution is 6.09. The first-order chi connectivity index (χ1) is 10.5. The maximum absolute atomic E-state index is 12.8. The Bertz CT molecular complexity index is 547. The van der Waals surface area contributed by atoms with Gasteiger partial charge in [-0.2, -0.15) is 0 Å². The van der Waals surface area contributed by atoms with Gasteiger partial charge in [-0.05, 0) is 32.6 Å². The van der Waals surface area contributed by atoms with Crippen LogP contribution in [0.4, 0.5) is 0 Å². The van der Waals surface area contributed by atoms with Crippen LogP contribution < -0.4 is 0 Å². The van der Waals surface area contributed by atoms with Gasteiger partial charge in [0.15, 0.2) is 5.78 Å². The van der Waals surface area contributed by atoms with Crippen LogP contribution in [0, 0.1) is 11.8 Å². The van der Waals surface area contributed by atoms with Gasteiger partial charge in [0.1, 0.15) is 11.7 Å². The summed E-state index contributed by atoms with van der Waals surface area (Å²) in [6.07, 6.45) is 2.00. The summed E-state index contributed by atoms with van der Waals surface area (Å²) in [4.78, 5) is 36.9. The number of benzene rings is 1. The third kappa shape index (κ3) is 4.03. The van der Waals surface area contributed by atoms with Gasteiger partial charge in [0.25, 0.3) is 0 Å². The van der Waals surface area contributed by atoms with E-state index in [1.54, 1.807) is 38.1 Å². The number of rotatable bonds is 5. The van der Waals surface area contributed by atoms with Gasteiger partial charge >= 0.3 is 5.97 Å². The Kier molecular flexibility index (Phi) is 5.47. The fraction of sp³-hybridized carbons (Fsp3) is 0.500. The molecule has 1 fully saturated rings. The molecule has 0 heterocycles. The van der Waals surface area contributed by atoms with Crippen molar-refractivity contribution in [1.82, 2.24) is 0 Å². The Labute approximate surface area is 130 Å². The van der Waals surface area contributed by atoms with Crippen LogP contribution in [-0.4, -0.2) is 23.6 Å².